The van der Waals surface area contributed by atoms with E-state index in [1.54, 1.807) is 14.2 Å². The van der Waals surface area contributed by atoms with Crippen LogP contribution in [0.3, 0.4) is 0 Å². The van der Waals surface area contributed by atoms with E-state index in [0.29, 0.717) is 52.9 Å². The fraction of sp³-hybridized carbons (Fsp3) is 0.538. The highest BCUT2D eigenvalue weighted by Crippen LogP contribution is 2.20. The highest BCUT2D eigenvalue weighted by molar-refractivity contribution is 5.49. The molecule has 0 saturated carbocycles. The molecule has 2 aromatic carbocycles. The van der Waals surface area contributed by atoms with Gasteiger partial charge in [0.25, 0.3) is 0 Å². The number of hydrogen-bond acceptors (Lipinski definition) is 8. The minimum atomic E-state index is 0.568. The molecule has 1 heterocycles. The molecule has 3 rings (SSSR count). The van der Waals surface area contributed by atoms with E-state index in [9.17, 15) is 0 Å². The van der Waals surface area contributed by atoms with Gasteiger partial charge in [0, 0.05) is 37.6 Å². The largest absolute Gasteiger partial charge is 0.497 e. The van der Waals surface area contributed by atoms with Gasteiger partial charge in [-0.05, 0) is 48.5 Å². The maximum absolute atomic E-state index is 5.83. The molecule has 1 saturated heterocycles. The molecule has 0 aliphatic carbocycles. The van der Waals surface area contributed by atoms with Crippen LogP contribution >= 0.6 is 0 Å². The van der Waals surface area contributed by atoms with Crippen LogP contribution in [0.1, 0.15) is 0 Å². The lowest BCUT2D eigenvalue weighted by Gasteiger charge is -2.26. The molecule has 1 aliphatic rings. The van der Waals surface area contributed by atoms with Crippen molar-refractivity contribution in [3.8, 4) is 11.5 Å². The zero-order valence-corrected chi connectivity index (χ0v) is 20.4. The molecular formula is C26H38N2O6. The van der Waals surface area contributed by atoms with Gasteiger partial charge in [-0.3, -0.25) is 0 Å². The van der Waals surface area contributed by atoms with Crippen LogP contribution in [-0.4, -0.2) is 93.3 Å². The summed E-state index contributed by atoms with van der Waals surface area (Å²) < 4.78 is 33.9. The molecule has 34 heavy (non-hydrogen) atoms. The summed E-state index contributed by atoms with van der Waals surface area (Å²) in [7, 11) is 3.35. The molecule has 0 radical (unpaired) electrons. The Morgan fingerprint density at radius 3 is 1.03 bits per heavy atom. The smallest absolute Gasteiger partial charge is 0.119 e. The second-order valence-electron chi connectivity index (χ2n) is 7.82. The predicted octanol–water partition coefficient (Wildman–Crippen LogP) is 3.10. The average Bonchev–Trinajstić information content (AvgIpc) is 2.89. The number of methoxy groups -OCH3 is 2. The minimum Gasteiger partial charge on any atom is -0.497 e. The van der Waals surface area contributed by atoms with Crippen molar-refractivity contribution in [3.63, 3.8) is 0 Å². The third-order valence-electron chi connectivity index (χ3n) is 5.64. The first kappa shape index (κ1) is 26.1. The highest BCUT2D eigenvalue weighted by Gasteiger charge is 2.09. The van der Waals surface area contributed by atoms with Crippen LogP contribution in [0.4, 0.5) is 11.4 Å². The lowest BCUT2D eigenvalue weighted by atomic mass is 10.2. The topological polar surface area (TPSA) is 61.9 Å². The number of hydrogen-bond donors (Lipinski definition) is 0. The van der Waals surface area contributed by atoms with Gasteiger partial charge in [-0.15, -0.1) is 0 Å². The molecule has 0 spiro atoms. The van der Waals surface area contributed by atoms with Crippen molar-refractivity contribution in [2.24, 2.45) is 0 Å². The van der Waals surface area contributed by atoms with E-state index in [0.717, 1.165) is 49.1 Å². The third-order valence-corrected chi connectivity index (χ3v) is 5.64. The molecular weight excluding hydrogens is 436 g/mol. The van der Waals surface area contributed by atoms with Crippen molar-refractivity contribution in [3.05, 3.63) is 48.5 Å². The van der Waals surface area contributed by atoms with Crippen LogP contribution in [0.25, 0.3) is 0 Å². The summed E-state index contributed by atoms with van der Waals surface area (Å²) in [5.74, 6) is 1.69. The summed E-state index contributed by atoms with van der Waals surface area (Å²) in [4.78, 5) is 4.52. The summed E-state index contributed by atoms with van der Waals surface area (Å²) in [6.07, 6.45) is 0. The Morgan fingerprint density at radius 2 is 0.765 bits per heavy atom. The molecule has 0 N–H and O–H groups in total. The maximum Gasteiger partial charge on any atom is 0.119 e. The molecule has 1 aliphatic heterocycles. The number of nitrogens with zero attached hydrogens (tertiary/aromatic N) is 2. The first-order valence-corrected chi connectivity index (χ1v) is 11.9. The lowest BCUT2D eigenvalue weighted by molar-refractivity contribution is 0.0436. The number of benzene rings is 2. The third kappa shape index (κ3) is 9.02. The molecule has 0 atom stereocenters. The van der Waals surface area contributed by atoms with Crippen LogP contribution in [-0.2, 0) is 18.9 Å². The van der Waals surface area contributed by atoms with Crippen LogP contribution in [0.15, 0.2) is 48.5 Å². The predicted molar refractivity (Wildman–Crippen MR) is 134 cm³/mol. The van der Waals surface area contributed by atoms with Gasteiger partial charge in [-0.25, -0.2) is 0 Å². The number of ether oxygens (including phenoxy) is 6. The van der Waals surface area contributed by atoms with E-state index in [-0.39, 0.29) is 0 Å². The molecule has 8 nitrogen and oxygen atoms in total. The standard InChI is InChI=1S/C26H38N2O6/c1-29-25-7-3-23(4-8-25)27-11-15-31-19-21-33-17-13-28(14-18-34-22-20-32-16-12-27)24-5-9-26(30-2)10-6-24/h3-10H,11-22H2,1-2H3. The summed E-state index contributed by atoms with van der Waals surface area (Å²) in [6.45, 7) is 7.86. The van der Waals surface area contributed by atoms with Crippen LogP contribution in [0.5, 0.6) is 11.5 Å². The van der Waals surface area contributed by atoms with Crippen molar-refractivity contribution in [1.29, 1.82) is 0 Å². The first-order valence-electron chi connectivity index (χ1n) is 11.9. The van der Waals surface area contributed by atoms with Gasteiger partial charge in [-0.1, -0.05) is 0 Å². The van der Waals surface area contributed by atoms with Crippen LogP contribution in [0, 0.1) is 0 Å². The summed E-state index contributed by atoms with van der Waals surface area (Å²) >= 11 is 0. The van der Waals surface area contributed by atoms with E-state index >= 15 is 0 Å². The van der Waals surface area contributed by atoms with Gasteiger partial charge < -0.3 is 38.2 Å². The fourth-order valence-electron chi connectivity index (χ4n) is 3.67. The normalized spacial score (nSPS) is 18.1. The van der Waals surface area contributed by atoms with E-state index in [1.807, 2.05) is 24.3 Å². The second-order valence-corrected chi connectivity index (χ2v) is 7.82. The Bertz CT molecular complexity index is 699. The van der Waals surface area contributed by atoms with Gasteiger partial charge in [0.15, 0.2) is 0 Å². The average molecular weight is 475 g/mol. The Balaban J connectivity index is 1.50. The van der Waals surface area contributed by atoms with Crippen molar-refractivity contribution in [1.82, 2.24) is 0 Å². The molecule has 0 unspecified atom stereocenters. The zero-order chi connectivity index (χ0) is 23.8. The van der Waals surface area contributed by atoms with Crippen molar-refractivity contribution in [2.75, 3.05) is 103 Å². The van der Waals surface area contributed by atoms with Gasteiger partial charge >= 0.3 is 0 Å². The molecule has 0 aromatic heterocycles. The fourth-order valence-corrected chi connectivity index (χ4v) is 3.67. The van der Waals surface area contributed by atoms with E-state index < -0.39 is 0 Å². The van der Waals surface area contributed by atoms with Crippen molar-refractivity contribution in [2.45, 2.75) is 0 Å². The molecule has 1 fully saturated rings. The number of rotatable bonds is 4. The Labute approximate surface area is 203 Å². The van der Waals surface area contributed by atoms with Crippen LogP contribution in [0.2, 0.25) is 0 Å². The van der Waals surface area contributed by atoms with Crippen molar-refractivity contribution >= 4 is 11.4 Å². The Kier molecular flexibility index (Phi) is 11.8. The summed E-state index contributed by atoms with van der Waals surface area (Å²) in [6, 6.07) is 16.1. The maximum atomic E-state index is 5.83. The second kappa shape index (κ2) is 15.4. The van der Waals surface area contributed by atoms with E-state index in [2.05, 4.69) is 34.1 Å². The van der Waals surface area contributed by atoms with E-state index in [1.165, 1.54) is 0 Å². The van der Waals surface area contributed by atoms with Gasteiger partial charge in [0.2, 0.25) is 0 Å². The molecule has 2 aromatic rings. The Morgan fingerprint density at radius 1 is 0.471 bits per heavy atom. The highest BCUT2D eigenvalue weighted by atomic mass is 16.5. The zero-order valence-electron chi connectivity index (χ0n) is 20.4. The molecule has 0 amide bonds. The SMILES string of the molecule is COc1ccc(N2CCOCCOCCN(c3ccc(OC)cc3)CCOCCOCC2)cc1. The molecule has 0 bridgehead atoms. The Hall–Kier alpha value is -2.52. The molecule has 188 valence electrons. The minimum absolute atomic E-state index is 0.568. The quantitative estimate of drug-likeness (QED) is 0.670. The van der Waals surface area contributed by atoms with Gasteiger partial charge in [0.05, 0.1) is 67.1 Å². The lowest BCUT2D eigenvalue weighted by Crippen LogP contribution is -2.33. The molecule has 8 heteroatoms. The van der Waals surface area contributed by atoms with Crippen LogP contribution < -0.4 is 19.3 Å². The van der Waals surface area contributed by atoms with Crippen molar-refractivity contribution < 1.29 is 28.4 Å². The monoisotopic (exact) mass is 474 g/mol. The van der Waals surface area contributed by atoms with Gasteiger partial charge in [0.1, 0.15) is 11.5 Å². The first-order chi connectivity index (χ1) is 16.8. The summed E-state index contributed by atoms with van der Waals surface area (Å²) in [5.41, 5.74) is 2.24. The summed E-state index contributed by atoms with van der Waals surface area (Å²) in [5, 5.41) is 0. The van der Waals surface area contributed by atoms with E-state index in [4.69, 9.17) is 28.4 Å². The number of anilines is 2. The van der Waals surface area contributed by atoms with Gasteiger partial charge in [-0.2, -0.15) is 0 Å².